The minimum absolute atomic E-state index is 0.00166. The number of nitrogens with one attached hydrogen (secondary N) is 1. The number of nitrogens with zero attached hydrogens (tertiary/aromatic N) is 1. The lowest BCUT2D eigenvalue weighted by molar-refractivity contribution is -0.141. The molecule has 0 unspecified atom stereocenters. The molecule has 3 aromatic carbocycles. The molecular formula is C31H37ClN2O4. The largest absolute Gasteiger partial charge is 0.497 e. The Morgan fingerprint density at radius 3 is 2.29 bits per heavy atom. The normalized spacial score (nSPS) is 12.3. The molecule has 2 amide bonds. The molecule has 6 nitrogen and oxygen atoms in total. The monoisotopic (exact) mass is 536 g/mol. The third kappa shape index (κ3) is 9.10. The number of halogens is 1. The Bertz CT molecular complexity index is 1150. The van der Waals surface area contributed by atoms with E-state index in [4.69, 9.17) is 21.1 Å². The van der Waals surface area contributed by atoms with Crippen LogP contribution in [0.2, 0.25) is 5.02 Å². The van der Waals surface area contributed by atoms with Gasteiger partial charge in [-0.25, -0.2) is 0 Å². The van der Waals surface area contributed by atoms with E-state index in [2.05, 4.69) is 5.32 Å². The molecule has 38 heavy (non-hydrogen) atoms. The predicted molar refractivity (Wildman–Crippen MR) is 152 cm³/mol. The van der Waals surface area contributed by atoms with Crippen molar-refractivity contribution in [3.63, 3.8) is 0 Å². The third-order valence-corrected chi connectivity index (χ3v) is 6.61. The highest BCUT2D eigenvalue weighted by atomic mass is 35.5. The van der Waals surface area contributed by atoms with Crippen LogP contribution in [0.3, 0.4) is 0 Å². The Labute approximate surface area is 230 Å². The van der Waals surface area contributed by atoms with Crippen LogP contribution >= 0.6 is 11.6 Å². The Hall–Kier alpha value is -3.51. The number of ether oxygens (including phenoxy) is 2. The van der Waals surface area contributed by atoms with Crippen molar-refractivity contribution < 1.29 is 19.1 Å². The quantitative estimate of drug-likeness (QED) is 0.254. The van der Waals surface area contributed by atoms with Gasteiger partial charge in [0.05, 0.1) is 13.7 Å². The Kier molecular flexibility index (Phi) is 11.5. The summed E-state index contributed by atoms with van der Waals surface area (Å²) in [4.78, 5) is 28.9. The summed E-state index contributed by atoms with van der Waals surface area (Å²) in [5.74, 6) is 1.20. The first-order chi connectivity index (χ1) is 18.4. The minimum atomic E-state index is -0.666. The van der Waals surface area contributed by atoms with Crippen molar-refractivity contribution in [1.29, 1.82) is 0 Å². The zero-order chi connectivity index (χ0) is 27.3. The predicted octanol–water partition coefficient (Wildman–Crippen LogP) is 6.06. The molecule has 3 aromatic rings. The molecule has 0 spiro atoms. The molecule has 0 fully saturated rings. The van der Waals surface area contributed by atoms with Gasteiger partial charge in [0.25, 0.3) is 0 Å². The average Bonchev–Trinajstić information content (AvgIpc) is 2.93. The van der Waals surface area contributed by atoms with E-state index in [9.17, 15) is 9.59 Å². The summed E-state index contributed by atoms with van der Waals surface area (Å²) in [5.41, 5.74) is 1.86. The molecule has 202 valence electrons. The first-order valence-corrected chi connectivity index (χ1v) is 13.4. The molecule has 3 rings (SSSR count). The van der Waals surface area contributed by atoms with Crippen LogP contribution in [0.5, 0.6) is 11.5 Å². The van der Waals surface area contributed by atoms with E-state index < -0.39 is 6.04 Å². The van der Waals surface area contributed by atoms with Gasteiger partial charge >= 0.3 is 0 Å². The van der Waals surface area contributed by atoms with Crippen LogP contribution in [0.4, 0.5) is 0 Å². The molecule has 7 heteroatoms. The maximum atomic E-state index is 13.7. The number of hydrogen-bond acceptors (Lipinski definition) is 4. The molecule has 0 radical (unpaired) electrons. The molecule has 2 atom stereocenters. The van der Waals surface area contributed by atoms with Crippen molar-refractivity contribution in [1.82, 2.24) is 10.2 Å². The second kappa shape index (κ2) is 15.0. The molecule has 1 N–H and O–H groups in total. The van der Waals surface area contributed by atoms with E-state index in [1.807, 2.05) is 86.6 Å². The smallest absolute Gasteiger partial charge is 0.243 e. The zero-order valence-corrected chi connectivity index (χ0v) is 23.1. The van der Waals surface area contributed by atoms with Crippen molar-refractivity contribution in [3.8, 4) is 11.5 Å². The Balaban J connectivity index is 1.78. The van der Waals surface area contributed by atoms with Gasteiger partial charge in [-0.2, -0.15) is 0 Å². The number of methoxy groups -OCH3 is 1. The molecule has 0 aliphatic rings. The number of benzene rings is 3. The average molecular weight is 537 g/mol. The number of amides is 2. The highest BCUT2D eigenvalue weighted by Gasteiger charge is 2.30. The number of carbonyl (C=O) groups excluding carboxylic acids is 2. The van der Waals surface area contributed by atoms with Gasteiger partial charge < -0.3 is 19.7 Å². The van der Waals surface area contributed by atoms with Crippen LogP contribution in [0, 0.1) is 0 Å². The zero-order valence-electron chi connectivity index (χ0n) is 22.4. The topological polar surface area (TPSA) is 67.9 Å². The standard InChI is InChI=1S/C31H37ClN2O4/c1-4-23(2)33-31(36)29(21-24-10-6-5-7-11-24)34(22-25-12-8-13-26(32)20-25)30(35)14-9-19-38-28-17-15-27(37-3)16-18-28/h5-8,10-13,15-18,20,23,29H,4,9,14,19,21-22H2,1-3H3,(H,33,36)/t23-,29+/m1/s1. The van der Waals surface area contributed by atoms with Crippen molar-refractivity contribution in [2.45, 2.75) is 58.2 Å². The van der Waals surface area contributed by atoms with Crippen molar-refractivity contribution in [2.24, 2.45) is 0 Å². The highest BCUT2D eigenvalue weighted by Crippen LogP contribution is 2.20. The molecule has 0 bridgehead atoms. The van der Waals surface area contributed by atoms with Crippen molar-refractivity contribution in [3.05, 3.63) is 95.0 Å². The van der Waals surface area contributed by atoms with Crippen LogP contribution in [-0.2, 0) is 22.6 Å². The summed E-state index contributed by atoms with van der Waals surface area (Å²) in [7, 11) is 1.62. The van der Waals surface area contributed by atoms with Crippen LogP contribution in [0.15, 0.2) is 78.9 Å². The van der Waals surface area contributed by atoms with Gasteiger partial charge in [-0.05, 0) is 67.3 Å². The molecule has 0 heterocycles. The Morgan fingerprint density at radius 1 is 0.947 bits per heavy atom. The van der Waals surface area contributed by atoms with Gasteiger partial charge in [0.2, 0.25) is 11.8 Å². The van der Waals surface area contributed by atoms with E-state index in [-0.39, 0.29) is 30.8 Å². The van der Waals surface area contributed by atoms with Gasteiger partial charge in [-0.1, -0.05) is 61.0 Å². The molecule has 0 saturated carbocycles. The van der Waals surface area contributed by atoms with E-state index >= 15 is 0 Å². The fraction of sp³-hybridized carbons (Fsp3) is 0.355. The highest BCUT2D eigenvalue weighted by molar-refractivity contribution is 6.30. The van der Waals surface area contributed by atoms with Gasteiger partial charge in [-0.15, -0.1) is 0 Å². The van der Waals surface area contributed by atoms with E-state index in [0.29, 0.717) is 30.2 Å². The maximum absolute atomic E-state index is 13.7. The van der Waals surface area contributed by atoms with Gasteiger partial charge in [0, 0.05) is 30.5 Å². The molecule has 0 aromatic heterocycles. The fourth-order valence-corrected chi connectivity index (χ4v) is 4.27. The second-order valence-corrected chi connectivity index (χ2v) is 9.74. The summed E-state index contributed by atoms with van der Waals surface area (Å²) < 4.78 is 11.0. The summed E-state index contributed by atoms with van der Waals surface area (Å²) in [5, 5.41) is 3.68. The fourth-order valence-electron chi connectivity index (χ4n) is 4.06. The van der Waals surface area contributed by atoms with Crippen molar-refractivity contribution >= 4 is 23.4 Å². The van der Waals surface area contributed by atoms with Gasteiger partial charge in [0.1, 0.15) is 17.5 Å². The first-order valence-electron chi connectivity index (χ1n) is 13.0. The number of carbonyl (C=O) groups is 2. The van der Waals surface area contributed by atoms with Crippen LogP contribution in [0.25, 0.3) is 0 Å². The summed E-state index contributed by atoms with van der Waals surface area (Å²) in [6, 6.07) is 23.9. The lowest BCUT2D eigenvalue weighted by atomic mass is 10.0. The Morgan fingerprint density at radius 2 is 1.63 bits per heavy atom. The molecule has 0 saturated heterocycles. The molecule has 0 aliphatic carbocycles. The SMILES string of the molecule is CC[C@@H](C)NC(=O)[C@H](Cc1ccccc1)N(Cc1cccc(Cl)c1)C(=O)CCCOc1ccc(OC)cc1. The second-order valence-electron chi connectivity index (χ2n) is 9.30. The van der Waals surface area contributed by atoms with Gasteiger partial charge in [0.15, 0.2) is 0 Å². The first kappa shape index (κ1) is 29.1. The lowest BCUT2D eigenvalue weighted by Crippen LogP contribution is -2.52. The molecular weight excluding hydrogens is 500 g/mol. The van der Waals surface area contributed by atoms with E-state index in [1.54, 1.807) is 18.1 Å². The minimum Gasteiger partial charge on any atom is -0.497 e. The summed E-state index contributed by atoms with van der Waals surface area (Å²) in [6.45, 7) is 4.65. The van der Waals surface area contributed by atoms with Crippen molar-refractivity contribution in [2.75, 3.05) is 13.7 Å². The molecule has 0 aliphatic heterocycles. The maximum Gasteiger partial charge on any atom is 0.243 e. The lowest BCUT2D eigenvalue weighted by Gasteiger charge is -2.32. The van der Waals surface area contributed by atoms with Crippen LogP contribution < -0.4 is 14.8 Å². The number of rotatable bonds is 14. The summed E-state index contributed by atoms with van der Waals surface area (Å²) >= 11 is 6.24. The number of hydrogen-bond donors (Lipinski definition) is 1. The van der Waals surface area contributed by atoms with Crippen LogP contribution in [-0.4, -0.2) is 42.5 Å². The van der Waals surface area contributed by atoms with Gasteiger partial charge in [-0.3, -0.25) is 9.59 Å². The van der Waals surface area contributed by atoms with E-state index in [1.165, 1.54) is 0 Å². The van der Waals surface area contributed by atoms with E-state index in [0.717, 1.165) is 23.3 Å². The summed E-state index contributed by atoms with van der Waals surface area (Å²) in [6.07, 6.45) is 1.98. The third-order valence-electron chi connectivity index (χ3n) is 6.38. The van der Waals surface area contributed by atoms with Crippen LogP contribution in [0.1, 0.15) is 44.2 Å².